The standard InChI is InChI=1S/C24H34N4O2/c1-16-2-5-25-14-21(16)20-4-7-28(15-20)22(29)3-6-26-23(30)27-24-11-17-8-18(12-24)10-19(9-17)13-24/h2,5,14,17-20H,3-4,6-13,15H2,1H3,(H2,26,27,30). The quantitative estimate of drug-likeness (QED) is 0.782. The summed E-state index contributed by atoms with van der Waals surface area (Å²) in [5.74, 6) is 2.93. The Hall–Kier alpha value is -2.11. The zero-order valence-corrected chi connectivity index (χ0v) is 18.0. The zero-order valence-electron chi connectivity index (χ0n) is 18.0. The number of pyridine rings is 1. The molecule has 1 aliphatic heterocycles. The second-order valence-electron chi connectivity index (χ2n) is 10.4. The zero-order chi connectivity index (χ0) is 20.7. The van der Waals surface area contributed by atoms with E-state index in [0.717, 1.165) is 56.5 Å². The number of carbonyl (C=O) groups is 2. The maximum Gasteiger partial charge on any atom is 0.315 e. The summed E-state index contributed by atoms with van der Waals surface area (Å²) in [6, 6.07) is 1.95. The molecule has 4 aliphatic carbocycles. The number of nitrogens with zero attached hydrogens (tertiary/aromatic N) is 2. The molecule has 2 heterocycles. The van der Waals surface area contributed by atoms with Crippen LogP contribution in [0.2, 0.25) is 0 Å². The lowest BCUT2D eigenvalue weighted by molar-refractivity contribution is -0.130. The predicted molar refractivity (Wildman–Crippen MR) is 115 cm³/mol. The van der Waals surface area contributed by atoms with E-state index in [1.807, 2.05) is 23.4 Å². The molecule has 0 spiro atoms. The van der Waals surface area contributed by atoms with E-state index in [9.17, 15) is 9.59 Å². The van der Waals surface area contributed by atoms with Crippen molar-refractivity contribution in [2.24, 2.45) is 17.8 Å². The van der Waals surface area contributed by atoms with Gasteiger partial charge < -0.3 is 15.5 Å². The van der Waals surface area contributed by atoms with Crippen molar-refractivity contribution in [2.75, 3.05) is 19.6 Å². The van der Waals surface area contributed by atoms with E-state index in [-0.39, 0.29) is 17.5 Å². The Labute approximate surface area is 179 Å². The topological polar surface area (TPSA) is 74.3 Å². The normalized spacial score (nSPS) is 34.2. The third-order valence-corrected chi connectivity index (χ3v) is 8.10. The number of likely N-dealkylation sites (tertiary alicyclic amines) is 1. The monoisotopic (exact) mass is 410 g/mol. The number of hydrogen-bond donors (Lipinski definition) is 2. The summed E-state index contributed by atoms with van der Waals surface area (Å²) in [5.41, 5.74) is 2.51. The molecule has 6 nitrogen and oxygen atoms in total. The molecule has 0 radical (unpaired) electrons. The van der Waals surface area contributed by atoms with E-state index in [1.54, 1.807) is 0 Å². The van der Waals surface area contributed by atoms with Gasteiger partial charge in [-0.2, -0.15) is 0 Å². The van der Waals surface area contributed by atoms with E-state index < -0.39 is 0 Å². The number of rotatable bonds is 5. The molecule has 1 aromatic rings. The van der Waals surface area contributed by atoms with Gasteiger partial charge in [-0.15, -0.1) is 0 Å². The van der Waals surface area contributed by atoms with Crippen molar-refractivity contribution >= 4 is 11.9 Å². The second-order valence-corrected chi connectivity index (χ2v) is 10.4. The molecule has 162 valence electrons. The molecule has 1 aromatic heterocycles. The lowest BCUT2D eigenvalue weighted by atomic mass is 9.53. The minimum Gasteiger partial charge on any atom is -0.342 e. The lowest BCUT2D eigenvalue weighted by Gasteiger charge is -2.56. The van der Waals surface area contributed by atoms with Crippen LogP contribution in [-0.2, 0) is 4.79 Å². The number of hydrogen-bond acceptors (Lipinski definition) is 3. The van der Waals surface area contributed by atoms with Gasteiger partial charge in [0.1, 0.15) is 0 Å². The molecule has 4 bridgehead atoms. The Bertz CT molecular complexity index is 788. The van der Waals surface area contributed by atoms with Crippen LogP contribution in [0.25, 0.3) is 0 Å². The molecule has 5 aliphatic rings. The van der Waals surface area contributed by atoms with Crippen LogP contribution in [0.5, 0.6) is 0 Å². The molecule has 2 N–H and O–H groups in total. The number of amides is 3. The number of aromatic nitrogens is 1. The third kappa shape index (κ3) is 3.93. The van der Waals surface area contributed by atoms with Gasteiger partial charge >= 0.3 is 6.03 Å². The molecular weight excluding hydrogens is 376 g/mol. The SMILES string of the molecule is Cc1ccncc1C1CCN(C(=O)CCNC(=O)NC23CC4CC(CC(C4)C2)C3)C1. The van der Waals surface area contributed by atoms with E-state index in [2.05, 4.69) is 22.5 Å². The Balaban J connectivity index is 1.07. The van der Waals surface area contributed by atoms with Gasteiger partial charge in [0.05, 0.1) is 0 Å². The molecule has 1 unspecified atom stereocenters. The Morgan fingerprint density at radius 2 is 1.87 bits per heavy atom. The van der Waals surface area contributed by atoms with Crippen molar-refractivity contribution in [2.45, 2.75) is 69.7 Å². The fraction of sp³-hybridized carbons (Fsp3) is 0.708. The fourth-order valence-corrected chi connectivity index (χ4v) is 7.13. The first-order valence-corrected chi connectivity index (χ1v) is 11.7. The first-order chi connectivity index (χ1) is 14.5. The minimum atomic E-state index is -0.0879. The summed E-state index contributed by atoms with van der Waals surface area (Å²) in [7, 11) is 0. The van der Waals surface area contributed by atoms with Crippen LogP contribution in [0.3, 0.4) is 0 Å². The van der Waals surface area contributed by atoms with Crippen molar-refractivity contribution < 1.29 is 9.59 Å². The molecular formula is C24H34N4O2. The van der Waals surface area contributed by atoms with E-state index in [1.165, 1.54) is 30.4 Å². The molecule has 0 aromatic carbocycles. The average molecular weight is 411 g/mol. The van der Waals surface area contributed by atoms with Gasteiger partial charge in [0.2, 0.25) is 5.91 Å². The molecule has 1 saturated heterocycles. The van der Waals surface area contributed by atoms with Crippen LogP contribution in [0.4, 0.5) is 4.79 Å². The van der Waals surface area contributed by atoms with Crippen LogP contribution in [0.1, 0.15) is 68.4 Å². The molecule has 1 atom stereocenters. The molecule has 6 heteroatoms. The highest BCUT2D eigenvalue weighted by atomic mass is 16.2. The van der Waals surface area contributed by atoms with Crippen molar-refractivity contribution in [3.8, 4) is 0 Å². The maximum atomic E-state index is 12.6. The summed E-state index contributed by atoms with van der Waals surface area (Å²) >= 11 is 0. The molecule has 3 amide bonds. The van der Waals surface area contributed by atoms with Crippen LogP contribution in [-0.4, -0.2) is 47.0 Å². The van der Waals surface area contributed by atoms with Gasteiger partial charge in [0.25, 0.3) is 0 Å². The Morgan fingerprint density at radius 1 is 1.17 bits per heavy atom. The van der Waals surface area contributed by atoms with E-state index in [4.69, 9.17) is 0 Å². The molecule has 30 heavy (non-hydrogen) atoms. The first-order valence-electron chi connectivity index (χ1n) is 11.7. The van der Waals surface area contributed by atoms with Crippen LogP contribution in [0, 0.1) is 24.7 Å². The second kappa shape index (κ2) is 7.86. The van der Waals surface area contributed by atoms with Crippen molar-refractivity contribution in [1.82, 2.24) is 20.5 Å². The van der Waals surface area contributed by atoms with Crippen LogP contribution >= 0.6 is 0 Å². The average Bonchev–Trinajstić information content (AvgIpc) is 3.17. The molecule has 4 saturated carbocycles. The summed E-state index contributed by atoms with van der Waals surface area (Å²) in [6.07, 6.45) is 12.6. The largest absolute Gasteiger partial charge is 0.342 e. The van der Waals surface area contributed by atoms with E-state index in [0.29, 0.717) is 18.9 Å². The highest BCUT2D eigenvalue weighted by Crippen LogP contribution is 2.55. The number of urea groups is 1. The van der Waals surface area contributed by atoms with Crippen molar-refractivity contribution in [3.05, 3.63) is 29.6 Å². The highest BCUT2D eigenvalue weighted by Gasteiger charge is 2.51. The van der Waals surface area contributed by atoms with E-state index >= 15 is 0 Å². The molecule has 5 fully saturated rings. The van der Waals surface area contributed by atoms with Crippen LogP contribution in [0.15, 0.2) is 18.5 Å². The smallest absolute Gasteiger partial charge is 0.315 e. The van der Waals surface area contributed by atoms with Gasteiger partial charge in [0, 0.05) is 49.9 Å². The fourth-order valence-electron chi connectivity index (χ4n) is 7.13. The van der Waals surface area contributed by atoms with Gasteiger partial charge in [0.15, 0.2) is 0 Å². The summed E-state index contributed by atoms with van der Waals surface area (Å²) in [5, 5.41) is 6.28. The van der Waals surface area contributed by atoms with Gasteiger partial charge in [-0.1, -0.05) is 0 Å². The first kappa shape index (κ1) is 19.8. The van der Waals surface area contributed by atoms with Gasteiger partial charge in [-0.05, 0) is 86.8 Å². The van der Waals surface area contributed by atoms with Gasteiger partial charge in [-0.25, -0.2) is 4.79 Å². The summed E-state index contributed by atoms with van der Waals surface area (Å²) in [4.78, 5) is 31.4. The summed E-state index contributed by atoms with van der Waals surface area (Å²) in [6.45, 7) is 4.06. The Morgan fingerprint density at radius 3 is 2.53 bits per heavy atom. The molecule has 6 rings (SSSR count). The van der Waals surface area contributed by atoms with Crippen molar-refractivity contribution in [1.29, 1.82) is 0 Å². The lowest BCUT2D eigenvalue weighted by Crippen LogP contribution is -2.61. The Kier molecular flexibility index (Phi) is 5.19. The van der Waals surface area contributed by atoms with Crippen LogP contribution < -0.4 is 10.6 Å². The highest BCUT2D eigenvalue weighted by molar-refractivity contribution is 5.79. The minimum absolute atomic E-state index is 0.0204. The van der Waals surface area contributed by atoms with Crippen molar-refractivity contribution in [3.63, 3.8) is 0 Å². The predicted octanol–water partition coefficient (Wildman–Crippen LogP) is 3.36. The number of aryl methyl sites for hydroxylation is 1. The number of nitrogens with one attached hydrogen (secondary N) is 2. The number of carbonyl (C=O) groups excluding carboxylic acids is 2. The third-order valence-electron chi connectivity index (χ3n) is 8.10. The maximum absolute atomic E-state index is 12.6. The van der Waals surface area contributed by atoms with Gasteiger partial charge in [-0.3, -0.25) is 9.78 Å². The summed E-state index contributed by atoms with van der Waals surface area (Å²) < 4.78 is 0.